The lowest BCUT2D eigenvalue weighted by Crippen LogP contribution is -2.29. The zero-order chi connectivity index (χ0) is 12.0. The molecule has 1 atom stereocenters. The summed E-state index contributed by atoms with van der Waals surface area (Å²) in [4.78, 5) is 8.22. The zero-order valence-corrected chi connectivity index (χ0v) is 8.91. The molecular formula is C11H10F3N3. The van der Waals surface area contributed by atoms with E-state index in [0.717, 1.165) is 5.69 Å². The van der Waals surface area contributed by atoms with Crippen LogP contribution in [0.1, 0.15) is 17.8 Å². The van der Waals surface area contributed by atoms with E-state index in [-0.39, 0.29) is 12.8 Å². The Bertz CT molecular complexity index is 559. The van der Waals surface area contributed by atoms with Gasteiger partial charge >= 0.3 is 6.18 Å². The number of alkyl halides is 3. The van der Waals surface area contributed by atoms with Crippen LogP contribution < -0.4 is 0 Å². The SMILES string of the molecule is FC(F)(F)C1CCc2nc3cnccn3c2C1. The molecule has 1 unspecified atom stereocenters. The van der Waals surface area contributed by atoms with E-state index in [1.807, 2.05) is 0 Å². The van der Waals surface area contributed by atoms with Crippen LogP contribution in [-0.4, -0.2) is 20.5 Å². The van der Waals surface area contributed by atoms with Crippen molar-refractivity contribution in [1.82, 2.24) is 14.4 Å². The van der Waals surface area contributed by atoms with Gasteiger partial charge in [0.1, 0.15) is 0 Å². The second-order valence-electron chi connectivity index (χ2n) is 4.29. The van der Waals surface area contributed by atoms with Crippen molar-refractivity contribution in [3.8, 4) is 0 Å². The number of hydrogen-bond acceptors (Lipinski definition) is 2. The summed E-state index contributed by atoms with van der Waals surface area (Å²) in [7, 11) is 0. The minimum absolute atomic E-state index is 0.0179. The molecule has 3 nitrogen and oxygen atoms in total. The molecule has 0 saturated heterocycles. The Labute approximate surface area is 95.3 Å². The van der Waals surface area contributed by atoms with Crippen LogP contribution >= 0.6 is 0 Å². The number of aryl methyl sites for hydroxylation is 1. The fourth-order valence-corrected chi connectivity index (χ4v) is 2.35. The van der Waals surface area contributed by atoms with Gasteiger partial charge in [0.25, 0.3) is 0 Å². The number of nitrogens with zero attached hydrogens (tertiary/aromatic N) is 3. The largest absolute Gasteiger partial charge is 0.392 e. The molecule has 0 spiro atoms. The highest BCUT2D eigenvalue weighted by Gasteiger charge is 2.42. The molecule has 1 aliphatic carbocycles. The van der Waals surface area contributed by atoms with E-state index in [1.165, 1.54) is 0 Å². The molecule has 0 amide bonds. The van der Waals surface area contributed by atoms with Crippen LogP contribution in [0.4, 0.5) is 13.2 Å². The minimum Gasteiger partial charge on any atom is -0.301 e. The topological polar surface area (TPSA) is 30.2 Å². The van der Waals surface area contributed by atoms with Gasteiger partial charge in [0.15, 0.2) is 5.65 Å². The molecule has 6 heteroatoms. The quantitative estimate of drug-likeness (QED) is 0.709. The Balaban J connectivity index is 2.06. The second-order valence-corrected chi connectivity index (χ2v) is 4.29. The zero-order valence-electron chi connectivity index (χ0n) is 8.91. The smallest absolute Gasteiger partial charge is 0.301 e. The summed E-state index contributed by atoms with van der Waals surface area (Å²) in [5.41, 5.74) is 2.08. The van der Waals surface area contributed by atoms with E-state index in [0.29, 0.717) is 17.8 Å². The molecule has 0 aromatic carbocycles. The molecule has 0 N–H and O–H groups in total. The van der Waals surface area contributed by atoms with Crippen molar-refractivity contribution in [3.63, 3.8) is 0 Å². The Morgan fingerprint density at radius 3 is 2.94 bits per heavy atom. The first-order valence-electron chi connectivity index (χ1n) is 5.42. The van der Waals surface area contributed by atoms with Crippen molar-refractivity contribution in [2.45, 2.75) is 25.4 Å². The van der Waals surface area contributed by atoms with Crippen molar-refractivity contribution < 1.29 is 13.2 Å². The monoisotopic (exact) mass is 241 g/mol. The fraction of sp³-hybridized carbons (Fsp3) is 0.455. The van der Waals surface area contributed by atoms with Crippen LogP contribution in [0.2, 0.25) is 0 Å². The van der Waals surface area contributed by atoms with E-state index < -0.39 is 12.1 Å². The number of rotatable bonds is 0. The summed E-state index contributed by atoms with van der Waals surface area (Å²) >= 11 is 0. The highest BCUT2D eigenvalue weighted by molar-refractivity contribution is 5.41. The predicted molar refractivity (Wildman–Crippen MR) is 54.6 cm³/mol. The summed E-state index contributed by atoms with van der Waals surface area (Å²) in [6.07, 6.45) is 1.22. The van der Waals surface area contributed by atoms with E-state index in [9.17, 15) is 13.2 Å². The number of hydrogen-bond donors (Lipinski definition) is 0. The van der Waals surface area contributed by atoms with E-state index in [2.05, 4.69) is 9.97 Å². The predicted octanol–water partition coefficient (Wildman–Crippen LogP) is 2.40. The molecule has 2 aromatic heterocycles. The van der Waals surface area contributed by atoms with Gasteiger partial charge in [-0.2, -0.15) is 13.2 Å². The molecule has 90 valence electrons. The van der Waals surface area contributed by atoms with Crippen molar-refractivity contribution in [2.24, 2.45) is 5.92 Å². The van der Waals surface area contributed by atoms with Crippen LogP contribution in [0.3, 0.4) is 0 Å². The van der Waals surface area contributed by atoms with Crippen molar-refractivity contribution in [2.75, 3.05) is 0 Å². The maximum atomic E-state index is 12.7. The number of halogens is 3. The minimum atomic E-state index is -4.12. The van der Waals surface area contributed by atoms with Gasteiger partial charge in [-0.1, -0.05) is 0 Å². The molecule has 2 heterocycles. The third-order valence-electron chi connectivity index (χ3n) is 3.24. The number of aromatic nitrogens is 3. The van der Waals surface area contributed by atoms with Crippen molar-refractivity contribution in [1.29, 1.82) is 0 Å². The molecule has 1 aliphatic rings. The Morgan fingerprint density at radius 1 is 1.35 bits per heavy atom. The molecule has 0 saturated carbocycles. The van der Waals surface area contributed by atoms with Crippen LogP contribution in [0.25, 0.3) is 5.65 Å². The van der Waals surface area contributed by atoms with E-state index in [1.54, 1.807) is 23.0 Å². The van der Waals surface area contributed by atoms with Crippen LogP contribution in [0.15, 0.2) is 18.6 Å². The molecule has 0 aliphatic heterocycles. The fourth-order valence-electron chi connectivity index (χ4n) is 2.35. The standard InChI is InChI=1S/C11H10F3N3/c12-11(13,14)7-1-2-8-9(5-7)17-4-3-15-6-10(17)16-8/h3-4,6-7H,1-2,5H2. The number of fused-ring (bicyclic) bond motifs is 3. The molecule has 0 radical (unpaired) electrons. The van der Waals surface area contributed by atoms with Gasteiger partial charge in [0.05, 0.1) is 17.8 Å². The summed E-state index contributed by atoms with van der Waals surface area (Å²) < 4.78 is 39.8. The summed E-state index contributed by atoms with van der Waals surface area (Å²) in [5.74, 6) is -1.25. The Hall–Kier alpha value is -1.59. The highest BCUT2D eigenvalue weighted by atomic mass is 19.4. The van der Waals surface area contributed by atoms with Crippen molar-refractivity contribution in [3.05, 3.63) is 30.0 Å². The average Bonchev–Trinajstić information content (AvgIpc) is 2.65. The van der Waals surface area contributed by atoms with Gasteiger partial charge in [-0.15, -0.1) is 0 Å². The van der Waals surface area contributed by atoms with Crippen molar-refractivity contribution >= 4 is 5.65 Å². The van der Waals surface area contributed by atoms with Crippen LogP contribution in [0.5, 0.6) is 0 Å². The third-order valence-corrected chi connectivity index (χ3v) is 3.24. The van der Waals surface area contributed by atoms with Crippen LogP contribution in [0, 0.1) is 5.92 Å². The first-order chi connectivity index (χ1) is 8.05. The summed E-state index contributed by atoms with van der Waals surface area (Å²) in [5, 5.41) is 0. The molecule has 2 aromatic rings. The highest BCUT2D eigenvalue weighted by Crippen LogP contribution is 2.36. The molecule has 3 rings (SSSR count). The lowest BCUT2D eigenvalue weighted by molar-refractivity contribution is -0.177. The maximum Gasteiger partial charge on any atom is 0.392 e. The first-order valence-corrected chi connectivity index (χ1v) is 5.42. The Kier molecular flexibility index (Phi) is 2.14. The molecule has 0 bridgehead atoms. The van der Waals surface area contributed by atoms with Gasteiger partial charge in [-0.25, -0.2) is 4.98 Å². The maximum absolute atomic E-state index is 12.7. The van der Waals surface area contributed by atoms with E-state index >= 15 is 0 Å². The lowest BCUT2D eigenvalue weighted by Gasteiger charge is -2.24. The molecular weight excluding hydrogens is 231 g/mol. The lowest BCUT2D eigenvalue weighted by atomic mass is 9.89. The Morgan fingerprint density at radius 2 is 2.18 bits per heavy atom. The second kappa shape index (κ2) is 3.45. The first kappa shape index (κ1) is 10.6. The third kappa shape index (κ3) is 1.67. The van der Waals surface area contributed by atoms with Gasteiger partial charge in [-0.3, -0.25) is 4.98 Å². The van der Waals surface area contributed by atoms with E-state index in [4.69, 9.17) is 0 Å². The van der Waals surface area contributed by atoms with Crippen LogP contribution in [-0.2, 0) is 12.8 Å². The summed E-state index contributed by atoms with van der Waals surface area (Å²) in [6.45, 7) is 0. The molecule has 17 heavy (non-hydrogen) atoms. The summed E-state index contributed by atoms with van der Waals surface area (Å²) in [6, 6.07) is 0. The normalized spacial score (nSPS) is 20.5. The van der Waals surface area contributed by atoms with Gasteiger partial charge in [0, 0.05) is 24.5 Å². The van der Waals surface area contributed by atoms with Gasteiger partial charge in [-0.05, 0) is 12.8 Å². The number of imidazole rings is 1. The van der Waals surface area contributed by atoms with Gasteiger partial charge in [0.2, 0.25) is 0 Å². The van der Waals surface area contributed by atoms with Gasteiger partial charge < -0.3 is 4.40 Å². The molecule has 0 fully saturated rings. The average molecular weight is 241 g/mol.